The van der Waals surface area contributed by atoms with Crippen molar-refractivity contribution in [1.29, 1.82) is 0 Å². The van der Waals surface area contributed by atoms with Crippen LogP contribution in [0.3, 0.4) is 0 Å². The van der Waals surface area contributed by atoms with Crippen LogP contribution in [0.5, 0.6) is 0 Å². The highest BCUT2D eigenvalue weighted by molar-refractivity contribution is 7.13. The van der Waals surface area contributed by atoms with Gasteiger partial charge in [-0.05, 0) is 43.3 Å². The third kappa shape index (κ3) is 1.77. The third-order valence-electron chi connectivity index (χ3n) is 2.60. The molecule has 0 aromatic carbocycles. The first-order valence-corrected chi connectivity index (χ1v) is 6.50. The minimum atomic E-state index is 0.171. The Labute approximate surface area is 97.4 Å². The lowest BCUT2D eigenvalue weighted by Crippen LogP contribution is -2.00. The van der Waals surface area contributed by atoms with E-state index in [4.69, 9.17) is 0 Å². The van der Waals surface area contributed by atoms with Crippen LogP contribution in [-0.4, -0.2) is 5.78 Å². The summed E-state index contributed by atoms with van der Waals surface area (Å²) in [6.07, 6.45) is 0. The molecule has 2 aromatic heterocycles. The average Bonchev–Trinajstić information content (AvgIpc) is 2.75. The molecule has 2 rings (SSSR count). The van der Waals surface area contributed by atoms with E-state index in [-0.39, 0.29) is 5.78 Å². The van der Waals surface area contributed by atoms with E-state index in [0.717, 1.165) is 21.6 Å². The summed E-state index contributed by atoms with van der Waals surface area (Å²) in [5, 5.41) is 3.93. The van der Waals surface area contributed by atoms with Gasteiger partial charge in [-0.3, -0.25) is 4.79 Å². The van der Waals surface area contributed by atoms with Crippen LogP contribution in [0.1, 0.15) is 31.2 Å². The molecule has 3 heteroatoms. The second kappa shape index (κ2) is 3.91. The van der Waals surface area contributed by atoms with Gasteiger partial charge in [-0.15, -0.1) is 22.7 Å². The lowest BCUT2D eigenvalue weighted by atomic mass is 10.1. The fraction of sp³-hybridized carbons (Fsp3) is 0.250. The van der Waals surface area contributed by atoms with E-state index >= 15 is 0 Å². The highest BCUT2D eigenvalue weighted by Gasteiger charge is 2.17. The molecule has 0 N–H and O–H groups in total. The van der Waals surface area contributed by atoms with E-state index < -0.39 is 0 Å². The predicted octanol–water partition coefficient (Wildman–Crippen LogP) is 3.97. The molecule has 2 heterocycles. The van der Waals surface area contributed by atoms with Gasteiger partial charge in [0.2, 0.25) is 5.78 Å². The molecule has 78 valence electrons. The van der Waals surface area contributed by atoms with Gasteiger partial charge in [0.1, 0.15) is 0 Å². The van der Waals surface area contributed by atoms with Crippen LogP contribution >= 0.6 is 22.7 Å². The molecule has 0 fully saturated rings. The zero-order valence-corrected chi connectivity index (χ0v) is 10.6. The second-order valence-electron chi connectivity index (χ2n) is 3.59. The molecule has 0 unspecified atom stereocenters. The van der Waals surface area contributed by atoms with Crippen LogP contribution in [0, 0.1) is 20.8 Å². The number of hydrogen-bond donors (Lipinski definition) is 0. The van der Waals surface area contributed by atoms with Gasteiger partial charge >= 0.3 is 0 Å². The minimum absolute atomic E-state index is 0.171. The van der Waals surface area contributed by atoms with Gasteiger partial charge in [0, 0.05) is 15.8 Å². The first-order valence-electron chi connectivity index (χ1n) is 4.74. The molecule has 0 aliphatic rings. The van der Waals surface area contributed by atoms with Gasteiger partial charge in [0.15, 0.2) is 0 Å². The van der Waals surface area contributed by atoms with Crippen molar-refractivity contribution in [3.05, 3.63) is 43.3 Å². The molecule has 0 atom stereocenters. The van der Waals surface area contributed by atoms with E-state index in [2.05, 4.69) is 6.92 Å². The van der Waals surface area contributed by atoms with Crippen molar-refractivity contribution in [3.8, 4) is 0 Å². The van der Waals surface area contributed by atoms with E-state index in [0.29, 0.717) is 0 Å². The van der Waals surface area contributed by atoms with Crippen LogP contribution < -0.4 is 0 Å². The summed E-state index contributed by atoms with van der Waals surface area (Å²) in [5.74, 6) is 0.171. The summed E-state index contributed by atoms with van der Waals surface area (Å²) in [6, 6.07) is 1.99. The van der Waals surface area contributed by atoms with Crippen molar-refractivity contribution in [2.75, 3.05) is 0 Å². The maximum Gasteiger partial charge on any atom is 0.204 e. The molecule has 1 nitrogen and oxygen atoms in total. The van der Waals surface area contributed by atoms with Crippen molar-refractivity contribution in [2.24, 2.45) is 0 Å². The number of hydrogen-bond acceptors (Lipinski definition) is 3. The summed E-state index contributed by atoms with van der Waals surface area (Å²) < 4.78 is 0. The fourth-order valence-corrected chi connectivity index (χ4v) is 3.21. The van der Waals surface area contributed by atoms with Gasteiger partial charge in [-0.2, -0.15) is 0 Å². The Balaban J connectivity index is 2.46. The highest BCUT2D eigenvalue weighted by Crippen LogP contribution is 2.26. The molecule has 0 radical (unpaired) electrons. The van der Waals surface area contributed by atoms with Crippen LogP contribution in [0.2, 0.25) is 0 Å². The zero-order chi connectivity index (χ0) is 11.0. The highest BCUT2D eigenvalue weighted by atomic mass is 32.1. The smallest absolute Gasteiger partial charge is 0.204 e. The molecule has 0 aliphatic carbocycles. The van der Waals surface area contributed by atoms with E-state index in [9.17, 15) is 4.79 Å². The molecule has 0 spiro atoms. The third-order valence-corrected chi connectivity index (χ3v) is 4.63. The molecule has 0 saturated carbocycles. The number of ketones is 1. The molecular formula is C12H12OS2. The number of thiophene rings is 2. The maximum atomic E-state index is 12.2. The molecule has 0 aliphatic heterocycles. The Hall–Kier alpha value is -0.930. The Bertz CT molecular complexity index is 505. The Morgan fingerprint density at radius 2 is 1.93 bits per heavy atom. The summed E-state index contributed by atoms with van der Waals surface area (Å²) in [7, 11) is 0. The van der Waals surface area contributed by atoms with Crippen LogP contribution in [0.15, 0.2) is 16.8 Å². The first kappa shape index (κ1) is 10.6. The standard InChI is InChI=1S/C12H12OS2/c1-7-4-5-14-12(7)11(13)10-6-15-9(3)8(10)2/h4-6H,1-3H3. The van der Waals surface area contributed by atoms with Gasteiger partial charge in [0.05, 0.1) is 4.88 Å². The van der Waals surface area contributed by atoms with Gasteiger partial charge in [-0.1, -0.05) is 0 Å². The van der Waals surface area contributed by atoms with Gasteiger partial charge in [-0.25, -0.2) is 0 Å². The normalized spacial score (nSPS) is 10.6. The van der Waals surface area contributed by atoms with Crippen molar-refractivity contribution in [1.82, 2.24) is 0 Å². The number of carbonyl (C=O) groups excluding carboxylic acids is 1. The van der Waals surface area contributed by atoms with Crippen LogP contribution in [0.4, 0.5) is 0 Å². The lowest BCUT2D eigenvalue weighted by molar-refractivity contribution is 0.104. The number of aryl methyl sites for hydroxylation is 2. The SMILES string of the molecule is Cc1ccsc1C(=O)c1csc(C)c1C. The largest absolute Gasteiger partial charge is 0.288 e. The first-order chi connectivity index (χ1) is 7.11. The summed E-state index contributed by atoms with van der Waals surface area (Å²) in [5.41, 5.74) is 3.06. The minimum Gasteiger partial charge on any atom is -0.288 e. The Morgan fingerprint density at radius 1 is 1.20 bits per heavy atom. The summed E-state index contributed by atoms with van der Waals surface area (Å²) in [4.78, 5) is 14.3. The Morgan fingerprint density at radius 3 is 2.40 bits per heavy atom. The molecule has 0 bridgehead atoms. The van der Waals surface area contributed by atoms with E-state index in [1.54, 1.807) is 11.3 Å². The quantitative estimate of drug-likeness (QED) is 0.721. The summed E-state index contributed by atoms with van der Waals surface area (Å²) in [6.45, 7) is 6.05. The molecule has 0 saturated heterocycles. The molecule has 2 aromatic rings. The van der Waals surface area contributed by atoms with Crippen molar-refractivity contribution in [3.63, 3.8) is 0 Å². The fourth-order valence-electron chi connectivity index (χ4n) is 1.47. The number of rotatable bonds is 2. The van der Waals surface area contributed by atoms with Crippen LogP contribution in [0.25, 0.3) is 0 Å². The monoisotopic (exact) mass is 236 g/mol. The second-order valence-corrected chi connectivity index (χ2v) is 5.59. The topological polar surface area (TPSA) is 17.1 Å². The molecular weight excluding hydrogens is 224 g/mol. The summed E-state index contributed by atoms with van der Waals surface area (Å²) >= 11 is 3.17. The Kier molecular flexibility index (Phi) is 2.76. The number of carbonyl (C=O) groups is 1. The van der Waals surface area contributed by atoms with Gasteiger partial charge < -0.3 is 0 Å². The lowest BCUT2D eigenvalue weighted by Gasteiger charge is -1.99. The average molecular weight is 236 g/mol. The molecule has 0 amide bonds. The van der Waals surface area contributed by atoms with Crippen molar-refractivity contribution >= 4 is 28.5 Å². The maximum absolute atomic E-state index is 12.2. The van der Waals surface area contributed by atoms with Gasteiger partial charge in [0.25, 0.3) is 0 Å². The predicted molar refractivity (Wildman–Crippen MR) is 66.3 cm³/mol. The van der Waals surface area contributed by atoms with Crippen molar-refractivity contribution < 1.29 is 4.79 Å². The molecule has 15 heavy (non-hydrogen) atoms. The zero-order valence-electron chi connectivity index (χ0n) is 8.96. The van der Waals surface area contributed by atoms with Crippen molar-refractivity contribution in [2.45, 2.75) is 20.8 Å². The van der Waals surface area contributed by atoms with E-state index in [1.165, 1.54) is 16.2 Å². The van der Waals surface area contributed by atoms with Crippen LogP contribution in [-0.2, 0) is 0 Å². The van der Waals surface area contributed by atoms with E-state index in [1.807, 2.05) is 30.7 Å².